The predicted molar refractivity (Wildman–Crippen MR) is 83.3 cm³/mol. The van der Waals surface area contributed by atoms with Crippen LogP contribution in [0.5, 0.6) is 0 Å². The third-order valence-corrected chi connectivity index (χ3v) is 4.74. The average Bonchev–Trinajstić information content (AvgIpc) is 2.24. The largest absolute Gasteiger partial charge is 0.550 e. The number of hydrogen-bond donors (Lipinski definition) is 0. The van der Waals surface area contributed by atoms with E-state index < -0.39 is 9.04 Å². The first-order chi connectivity index (χ1) is 8.39. The van der Waals surface area contributed by atoms with Crippen molar-refractivity contribution in [2.24, 2.45) is 11.3 Å². The molecule has 1 rings (SSSR count). The van der Waals surface area contributed by atoms with E-state index in [-0.39, 0.29) is 0 Å². The second-order valence-corrected chi connectivity index (χ2v) is 9.41. The lowest BCUT2D eigenvalue weighted by molar-refractivity contribution is 0.201. The maximum absolute atomic E-state index is 6.02. The van der Waals surface area contributed by atoms with Crippen molar-refractivity contribution in [3.05, 3.63) is 11.8 Å². The summed E-state index contributed by atoms with van der Waals surface area (Å²) >= 11 is 0. The molecular formula is C16H32OSi. The van der Waals surface area contributed by atoms with E-state index in [0.717, 1.165) is 5.92 Å². The van der Waals surface area contributed by atoms with E-state index in [0.29, 0.717) is 5.41 Å². The molecule has 2 heteroatoms. The average molecular weight is 269 g/mol. The Morgan fingerprint density at radius 1 is 1.11 bits per heavy atom. The molecule has 0 radical (unpaired) electrons. The first-order valence-corrected chi connectivity index (χ1v) is 10.5. The van der Waals surface area contributed by atoms with Crippen LogP contribution in [-0.4, -0.2) is 9.04 Å². The van der Waals surface area contributed by atoms with Crippen LogP contribution in [0.3, 0.4) is 0 Å². The lowest BCUT2D eigenvalue weighted by Crippen LogP contribution is -2.20. The fourth-order valence-electron chi connectivity index (χ4n) is 2.84. The van der Waals surface area contributed by atoms with Crippen LogP contribution in [0.25, 0.3) is 0 Å². The first-order valence-electron chi connectivity index (χ1n) is 7.75. The first kappa shape index (κ1) is 15.8. The second-order valence-electron chi connectivity index (χ2n) is 7.08. The van der Waals surface area contributed by atoms with Crippen molar-refractivity contribution in [2.45, 2.75) is 78.8 Å². The molecule has 0 amide bonds. The predicted octanol–water partition coefficient (Wildman–Crippen LogP) is 5.28. The van der Waals surface area contributed by atoms with E-state index in [2.05, 4.69) is 39.9 Å². The van der Waals surface area contributed by atoms with E-state index >= 15 is 0 Å². The monoisotopic (exact) mass is 268 g/mol. The molecular weight excluding hydrogens is 236 g/mol. The van der Waals surface area contributed by atoms with Gasteiger partial charge in [-0.1, -0.05) is 27.2 Å². The van der Waals surface area contributed by atoms with Gasteiger partial charge in [-0.05, 0) is 62.6 Å². The van der Waals surface area contributed by atoms with Crippen LogP contribution in [0.4, 0.5) is 0 Å². The third-order valence-electron chi connectivity index (χ3n) is 3.97. The van der Waals surface area contributed by atoms with Crippen LogP contribution in [0.15, 0.2) is 11.8 Å². The Hall–Kier alpha value is -0.243. The highest BCUT2D eigenvalue weighted by molar-refractivity contribution is 6.48. The molecule has 1 aliphatic carbocycles. The maximum Gasteiger partial charge on any atom is 0.229 e. The van der Waals surface area contributed by atoms with E-state index in [1.54, 1.807) is 0 Å². The van der Waals surface area contributed by atoms with Gasteiger partial charge in [-0.25, -0.2) is 0 Å². The minimum absolute atomic E-state index is 0.479. The summed E-state index contributed by atoms with van der Waals surface area (Å²) in [6.45, 7) is 11.7. The van der Waals surface area contributed by atoms with E-state index in [9.17, 15) is 0 Å². The van der Waals surface area contributed by atoms with Crippen LogP contribution in [0.2, 0.25) is 13.1 Å². The van der Waals surface area contributed by atoms with Crippen molar-refractivity contribution in [1.29, 1.82) is 0 Å². The molecule has 1 unspecified atom stereocenters. The second kappa shape index (κ2) is 7.37. The Kier molecular flexibility index (Phi) is 6.48. The van der Waals surface area contributed by atoms with Gasteiger partial charge in [-0.15, -0.1) is 0 Å². The fourth-order valence-corrected chi connectivity index (χ4v) is 3.66. The summed E-state index contributed by atoms with van der Waals surface area (Å²) in [7, 11) is -0.913. The van der Waals surface area contributed by atoms with Gasteiger partial charge in [0.2, 0.25) is 9.04 Å². The molecule has 0 saturated heterocycles. The Morgan fingerprint density at radius 3 is 2.39 bits per heavy atom. The summed E-state index contributed by atoms with van der Waals surface area (Å²) in [5.74, 6) is 2.19. The lowest BCUT2D eigenvalue weighted by atomic mass is 9.75. The minimum atomic E-state index is -0.913. The van der Waals surface area contributed by atoms with Crippen molar-refractivity contribution < 1.29 is 4.43 Å². The van der Waals surface area contributed by atoms with Crippen molar-refractivity contribution >= 4 is 9.04 Å². The minimum Gasteiger partial charge on any atom is -0.550 e. The van der Waals surface area contributed by atoms with Crippen LogP contribution < -0.4 is 0 Å². The van der Waals surface area contributed by atoms with Gasteiger partial charge in [0.05, 0.1) is 5.76 Å². The third kappa shape index (κ3) is 6.08. The molecule has 106 valence electrons. The van der Waals surface area contributed by atoms with Crippen molar-refractivity contribution in [3.63, 3.8) is 0 Å². The van der Waals surface area contributed by atoms with E-state index in [1.165, 1.54) is 50.7 Å². The molecule has 0 aromatic carbocycles. The molecule has 1 aliphatic rings. The van der Waals surface area contributed by atoms with Crippen LogP contribution in [-0.2, 0) is 4.43 Å². The van der Waals surface area contributed by atoms with E-state index in [1.807, 2.05) is 0 Å². The van der Waals surface area contributed by atoms with Gasteiger partial charge < -0.3 is 4.43 Å². The Bertz CT molecular complexity index is 263. The van der Waals surface area contributed by atoms with E-state index in [4.69, 9.17) is 4.43 Å². The molecule has 0 aromatic heterocycles. The number of allylic oxidation sites excluding steroid dienone is 2. The van der Waals surface area contributed by atoms with Crippen molar-refractivity contribution in [3.8, 4) is 0 Å². The molecule has 0 heterocycles. The number of hydrogen-bond acceptors (Lipinski definition) is 1. The smallest absolute Gasteiger partial charge is 0.229 e. The molecule has 0 spiro atoms. The van der Waals surface area contributed by atoms with Gasteiger partial charge in [0.1, 0.15) is 0 Å². The Morgan fingerprint density at radius 2 is 1.78 bits per heavy atom. The fraction of sp³-hybridized carbons (Fsp3) is 0.875. The summed E-state index contributed by atoms with van der Waals surface area (Å²) in [5.41, 5.74) is 0.479. The zero-order valence-electron chi connectivity index (χ0n) is 13.1. The van der Waals surface area contributed by atoms with Gasteiger partial charge in [-0.2, -0.15) is 0 Å². The molecule has 0 fully saturated rings. The molecule has 0 aliphatic heterocycles. The standard InChI is InChI=1S/C16H32OSi/c1-16(2,3)14-10-6-8-12-15(17-18(4)5)13-9-7-11-14/h12,14,18H,6-11,13H2,1-5H3. The lowest BCUT2D eigenvalue weighted by Gasteiger charge is -2.31. The zero-order chi connectivity index (χ0) is 13.6. The zero-order valence-corrected chi connectivity index (χ0v) is 14.2. The molecule has 0 bridgehead atoms. The number of rotatable bonds is 2. The highest BCUT2D eigenvalue weighted by atomic mass is 28.3. The van der Waals surface area contributed by atoms with Gasteiger partial charge in [0.25, 0.3) is 0 Å². The van der Waals surface area contributed by atoms with Crippen LogP contribution in [0.1, 0.15) is 65.7 Å². The summed E-state index contributed by atoms with van der Waals surface area (Å²) in [5, 5.41) is 0. The molecule has 18 heavy (non-hydrogen) atoms. The Labute approximate surface area is 116 Å². The quantitative estimate of drug-likeness (QED) is 0.619. The van der Waals surface area contributed by atoms with Gasteiger partial charge >= 0.3 is 0 Å². The highest BCUT2D eigenvalue weighted by Crippen LogP contribution is 2.35. The van der Waals surface area contributed by atoms with Gasteiger partial charge in [-0.3, -0.25) is 0 Å². The SMILES string of the molecule is C[SiH](C)OC1=CCCCC(C(C)(C)C)CCCC1. The highest BCUT2D eigenvalue weighted by Gasteiger charge is 2.23. The van der Waals surface area contributed by atoms with Gasteiger partial charge in [0, 0.05) is 6.42 Å². The van der Waals surface area contributed by atoms with Crippen LogP contribution in [0, 0.1) is 11.3 Å². The molecule has 0 N–H and O–H groups in total. The maximum atomic E-state index is 6.02. The summed E-state index contributed by atoms with van der Waals surface area (Å²) in [6, 6.07) is 0. The van der Waals surface area contributed by atoms with Crippen molar-refractivity contribution in [2.75, 3.05) is 0 Å². The summed E-state index contributed by atoms with van der Waals surface area (Å²) < 4.78 is 6.02. The molecule has 1 nitrogen and oxygen atoms in total. The molecule has 0 aromatic rings. The molecule has 0 saturated carbocycles. The summed E-state index contributed by atoms with van der Waals surface area (Å²) in [4.78, 5) is 0. The molecule has 1 atom stereocenters. The Balaban J connectivity index is 2.52. The van der Waals surface area contributed by atoms with Crippen molar-refractivity contribution in [1.82, 2.24) is 0 Å². The van der Waals surface area contributed by atoms with Crippen LogP contribution >= 0.6 is 0 Å². The topological polar surface area (TPSA) is 9.23 Å². The normalized spacial score (nSPS) is 23.7. The van der Waals surface area contributed by atoms with Gasteiger partial charge in [0.15, 0.2) is 0 Å². The summed E-state index contributed by atoms with van der Waals surface area (Å²) in [6.07, 6.45) is 11.5.